The van der Waals surface area contributed by atoms with E-state index in [0.717, 1.165) is 19.4 Å². The molecular formula is C11H21N3O3. The maximum atomic E-state index is 12.0. The molecule has 1 amide bonds. The molecule has 98 valence electrons. The molecule has 0 spiro atoms. The van der Waals surface area contributed by atoms with Crippen LogP contribution in [-0.4, -0.2) is 36.2 Å². The van der Waals surface area contributed by atoms with E-state index in [2.05, 4.69) is 10.5 Å². The third kappa shape index (κ3) is 3.89. The Hall–Kier alpha value is -1.30. The van der Waals surface area contributed by atoms with Gasteiger partial charge in [-0.2, -0.15) is 0 Å². The van der Waals surface area contributed by atoms with Gasteiger partial charge in [-0.05, 0) is 18.8 Å². The van der Waals surface area contributed by atoms with Crippen LogP contribution >= 0.6 is 0 Å². The second-order valence-electron chi connectivity index (χ2n) is 4.67. The smallest absolute Gasteiger partial charge is 0.226 e. The molecule has 2 atom stereocenters. The van der Waals surface area contributed by atoms with Crippen LogP contribution < -0.4 is 11.1 Å². The molecule has 0 aliphatic carbocycles. The number of amides is 1. The SMILES string of the molecule is CC(C)C(NC(=O)C1CCCOC1)C(N)=NO. The number of hydrogen-bond acceptors (Lipinski definition) is 4. The van der Waals surface area contributed by atoms with Crippen LogP contribution in [-0.2, 0) is 9.53 Å². The number of nitrogens with two attached hydrogens (primary N) is 1. The van der Waals surface area contributed by atoms with Crippen molar-refractivity contribution in [2.75, 3.05) is 13.2 Å². The molecule has 17 heavy (non-hydrogen) atoms. The summed E-state index contributed by atoms with van der Waals surface area (Å²) in [5.41, 5.74) is 5.55. The zero-order valence-electron chi connectivity index (χ0n) is 10.3. The first-order chi connectivity index (χ1) is 8.06. The Kier molecular flexibility index (Phi) is 5.21. The summed E-state index contributed by atoms with van der Waals surface area (Å²) in [6.07, 6.45) is 1.72. The molecule has 1 aliphatic heterocycles. The van der Waals surface area contributed by atoms with Gasteiger partial charge in [0.1, 0.15) is 0 Å². The molecule has 1 rings (SSSR count). The zero-order chi connectivity index (χ0) is 12.8. The van der Waals surface area contributed by atoms with Crippen LogP contribution in [0.5, 0.6) is 0 Å². The fourth-order valence-corrected chi connectivity index (χ4v) is 1.86. The van der Waals surface area contributed by atoms with E-state index in [4.69, 9.17) is 15.7 Å². The quantitative estimate of drug-likeness (QED) is 0.286. The summed E-state index contributed by atoms with van der Waals surface area (Å²) < 4.78 is 5.26. The van der Waals surface area contributed by atoms with Crippen molar-refractivity contribution in [2.24, 2.45) is 22.7 Å². The Bertz CT molecular complexity index is 286. The number of carbonyl (C=O) groups excluding carboxylic acids is 1. The minimum atomic E-state index is -0.436. The summed E-state index contributed by atoms with van der Waals surface area (Å²) in [5.74, 6) is -0.115. The first kappa shape index (κ1) is 13.8. The van der Waals surface area contributed by atoms with E-state index in [1.54, 1.807) is 0 Å². The van der Waals surface area contributed by atoms with Crippen LogP contribution in [0, 0.1) is 11.8 Å². The van der Waals surface area contributed by atoms with Crippen LogP contribution in [0.3, 0.4) is 0 Å². The maximum Gasteiger partial charge on any atom is 0.226 e. The summed E-state index contributed by atoms with van der Waals surface area (Å²) in [4.78, 5) is 12.0. The average Bonchev–Trinajstić information content (AvgIpc) is 2.35. The van der Waals surface area contributed by atoms with E-state index < -0.39 is 6.04 Å². The average molecular weight is 243 g/mol. The highest BCUT2D eigenvalue weighted by Crippen LogP contribution is 2.14. The number of hydrogen-bond donors (Lipinski definition) is 3. The number of oxime groups is 1. The molecule has 0 saturated carbocycles. The highest BCUT2D eigenvalue weighted by molar-refractivity contribution is 5.90. The molecule has 0 radical (unpaired) electrons. The van der Waals surface area contributed by atoms with E-state index >= 15 is 0 Å². The van der Waals surface area contributed by atoms with E-state index in [1.165, 1.54) is 0 Å². The van der Waals surface area contributed by atoms with Gasteiger partial charge in [0.15, 0.2) is 5.84 Å². The van der Waals surface area contributed by atoms with Crippen molar-refractivity contribution in [3.05, 3.63) is 0 Å². The summed E-state index contributed by atoms with van der Waals surface area (Å²) >= 11 is 0. The van der Waals surface area contributed by atoms with Crippen LogP contribution in [0.15, 0.2) is 5.16 Å². The molecule has 6 nitrogen and oxygen atoms in total. The van der Waals surface area contributed by atoms with Gasteiger partial charge in [-0.1, -0.05) is 19.0 Å². The first-order valence-electron chi connectivity index (χ1n) is 5.91. The van der Waals surface area contributed by atoms with Gasteiger partial charge in [-0.25, -0.2) is 0 Å². The predicted octanol–water partition coefficient (Wildman–Crippen LogP) is 0.300. The normalized spacial score (nSPS) is 23.5. The molecule has 1 saturated heterocycles. The maximum absolute atomic E-state index is 12.0. The lowest BCUT2D eigenvalue weighted by Gasteiger charge is -2.26. The van der Waals surface area contributed by atoms with Crippen molar-refractivity contribution in [1.29, 1.82) is 0 Å². The number of nitrogens with one attached hydrogen (secondary N) is 1. The van der Waals surface area contributed by atoms with Crippen molar-refractivity contribution >= 4 is 11.7 Å². The Balaban J connectivity index is 2.57. The second-order valence-corrected chi connectivity index (χ2v) is 4.67. The molecule has 6 heteroatoms. The molecule has 0 bridgehead atoms. The van der Waals surface area contributed by atoms with Crippen molar-refractivity contribution in [3.8, 4) is 0 Å². The first-order valence-corrected chi connectivity index (χ1v) is 5.91. The van der Waals surface area contributed by atoms with E-state index in [9.17, 15) is 4.79 Å². The number of carbonyl (C=O) groups is 1. The minimum Gasteiger partial charge on any atom is -0.409 e. The zero-order valence-corrected chi connectivity index (χ0v) is 10.3. The standard InChI is InChI=1S/C11H21N3O3/c1-7(2)9(10(12)14-16)13-11(15)8-4-3-5-17-6-8/h7-9,16H,3-6H2,1-2H3,(H2,12,14)(H,13,15). The van der Waals surface area contributed by atoms with E-state index in [-0.39, 0.29) is 23.6 Å². The van der Waals surface area contributed by atoms with Crippen LogP contribution in [0.25, 0.3) is 0 Å². The monoisotopic (exact) mass is 243 g/mol. The Morgan fingerprint density at radius 2 is 2.29 bits per heavy atom. The molecule has 0 aromatic carbocycles. The number of ether oxygens (including phenoxy) is 1. The second kappa shape index (κ2) is 6.44. The van der Waals surface area contributed by atoms with E-state index in [1.807, 2.05) is 13.8 Å². The van der Waals surface area contributed by atoms with Crippen molar-refractivity contribution in [2.45, 2.75) is 32.7 Å². The predicted molar refractivity (Wildman–Crippen MR) is 63.7 cm³/mol. The fourth-order valence-electron chi connectivity index (χ4n) is 1.86. The van der Waals surface area contributed by atoms with Gasteiger partial charge in [-0.3, -0.25) is 4.79 Å². The molecule has 2 unspecified atom stereocenters. The third-order valence-electron chi connectivity index (χ3n) is 2.93. The van der Waals surface area contributed by atoms with E-state index in [0.29, 0.717) is 6.61 Å². The fraction of sp³-hybridized carbons (Fsp3) is 0.818. The number of rotatable bonds is 4. The highest BCUT2D eigenvalue weighted by atomic mass is 16.5. The lowest BCUT2D eigenvalue weighted by molar-refractivity contribution is -0.129. The Morgan fingerprint density at radius 3 is 2.76 bits per heavy atom. The number of amidine groups is 1. The third-order valence-corrected chi connectivity index (χ3v) is 2.93. The molecule has 0 aromatic heterocycles. The molecule has 1 aliphatic rings. The molecule has 1 heterocycles. The van der Waals surface area contributed by atoms with Crippen LogP contribution in [0.1, 0.15) is 26.7 Å². The highest BCUT2D eigenvalue weighted by Gasteiger charge is 2.27. The summed E-state index contributed by atoms with van der Waals surface area (Å²) in [7, 11) is 0. The summed E-state index contributed by atoms with van der Waals surface area (Å²) in [5, 5.41) is 14.4. The van der Waals surface area contributed by atoms with Crippen molar-refractivity contribution < 1.29 is 14.7 Å². The van der Waals surface area contributed by atoms with Gasteiger partial charge < -0.3 is 21.0 Å². The van der Waals surface area contributed by atoms with Crippen LogP contribution in [0.4, 0.5) is 0 Å². The van der Waals surface area contributed by atoms with Gasteiger partial charge in [0, 0.05) is 6.61 Å². The van der Waals surface area contributed by atoms with Gasteiger partial charge in [-0.15, -0.1) is 0 Å². The molecule has 4 N–H and O–H groups in total. The largest absolute Gasteiger partial charge is 0.409 e. The van der Waals surface area contributed by atoms with Gasteiger partial charge in [0.05, 0.1) is 18.6 Å². The number of nitrogens with zero attached hydrogens (tertiary/aromatic N) is 1. The summed E-state index contributed by atoms with van der Waals surface area (Å²) in [6, 6.07) is -0.436. The Morgan fingerprint density at radius 1 is 1.59 bits per heavy atom. The van der Waals surface area contributed by atoms with Gasteiger partial charge in [0.2, 0.25) is 5.91 Å². The summed E-state index contributed by atoms with van der Waals surface area (Å²) in [6.45, 7) is 4.98. The Labute approximate surface area is 101 Å². The molecular weight excluding hydrogens is 222 g/mol. The van der Waals surface area contributed by atoms with Crippen molar-refractivity contribution in [1.82, 2.24) is 5.32 Å². The lowest BCUT2D eigenvalue weighted by atomic mass is 9.98. The van der Waals surface area contributed by atoms with Gasteiger partial charge >= 0.3 is 0 Å². The molecule has 1 fully saturated rings. The van der Waals surface area contributed by atoms with Crippen LogP contribution in [0.2, 0.25) is 0 Å². The van der Waals surface area contributed by atoms with Crippen molar-refractivity contribution in [3.63, 3.8) is 0 Å². The van der Waals surface area contributed by atoms with Gasteiger partial charge in [0.25, 0.3) is 0 Å². The minimum absolute atomic E-state index is 0.0325. The lowest BCUT2D eigenvalue weighted by Crippen LogP contribution is -2.50. The molecule has 0 aromatic rings. The topological polar surface area (TPSA) is 96.9 Å².